The molecule has 4 nitrogen and oxygen atoms in total. The summed E-state index contributed by atoms with van der Waals surface area (Å²) in [5.74, 6) is 0.0397. The average molecular weight is 277 g/mol. The largest absolute Gasteiger partial charge is 0.377 e. The highest BCUT2D eigenvalue weighted by molar-refractivity contribution is 5.81. The second kappa shape index (κ2) is 7.78. The summed E-state index contributed by atoms with van der Waals surface area (Å²) in [5.41, 5.74) is 3.36. The molecule has 0 radical (unpaired) electrons. The molecule has 1 atom stereocenters. The van der Waals surface area contributed by atoms with E-state index in [1.807, 2.05) is 27.1 Å². The lowest BCUT2D eigenvalue weighted by molar-refractivity contribution is -0.120. The summed E-state index contributed by atoms with van der Waals surface area (Å²) in [4.78, 5) is 13.9. The van der Waals surface area contributed by atoms with Crippen LogP contribution in [0, 0.1) is 6.92 Å². The lowest BCUT2D eigenvalue weighted by atomic mass is 10.1. The molecule has 112 valence electrons. The molecule has 0 spiro atoms. The minimum atomic E-state index is 0.0397. The molecule has 0 saturated heterocycles. The van der Waals surface area contributed by atoms with Gasteiger partial charge in [0, 0.05) is 31.5 Å². The van der Waals surface area contributed by atoms with E-state index in [-0.39, 0.29) is 11.9 Å². The van der Waals surface area contributed by atoms with Crippen LogP contribution in [0.2, 0.25) is 0 Å². The summed E-state index contributed by atoms with van der Waals surface area (Å²) in [6, 6.07) is 6.38. The Kier molecular flexibility index (Phi) is 6.36. The second-order valence-corrected chi connectivity index (χ2v) is 5.51. The highest BCUT2D eigenvalue weighted by Gasteiger charge is 2.07. The third kappa shape index (κ3) is 5.11. The molecule has 0 aliphatic heterocycles. The molecule has 1 aromatic rings. The minimum Gasteiger partial charge on any atom is -0.377 e. The van der Waals surface area contributed by atoms with Crippen molar-refractivity contribution in [1.82, 2.24) is 5.32 Å². The first kappa shape index (κ1) is 16.3. The van der Waals surface area contributed by atoms with E-state index in [2.05, 4.69) is 41.5 Å². The smallest absolute Gasteiger partial charge is 0.239 e. The van der Waals surface area contributed by atoms with Gasteiger partial charge in [-0.1, -0.05) is 19.4 Å². The summed E-state index contributed by atoms with van der Waals surface area (Å²) < 4.78 is 0. The molecule has 2 N–H and O–H groups in total. The first-order valence-corrected chi connectivity index (χ1v) is 7.25. The van der Waals surface area contributed by atoms with Gasteiger partial charge in [0.05, 0.1) is 6.54 Å². The van der Waals surface area contributed by atoms with E-state index in [1.165, 1.54) is 5.56 Å². The van der Waals surface area contributed by atoms with Gasteiger partial charge in [-0.3, -0.25) is 4.79 Å². The number of hydrogen-bond donors (Lipinski definition) is 2. The molecule has 1 amide bonds. The van der Waals surface area contributed by atoms with Gasteiger partial charge in [0.15, 0.2) is 0 Å². The average Bonchev–Trinajstić information content (AvgIpc) is 2.37. The fraction of sp³-hybridized carbons (Fsp3) is 0.562. The van der Waals surface area contributed by atoms with E-state index in [1.54, 1.807) is 0 Å². The summed E-state index contributed by atoms with van der Waals surface area (Å²) in [5, 5.41) is 6.16. The van der Waals surface area contributed by atoms with Crippen LogP contribution < -0.4 is 15.5 Å². The van der Waals surface area contributed by atoms with E-state index >= 15 is 0 Å². The van der Waals surface area contributed by atoms with Crippen molar-refractivity contribution >= 4 is 17.3 Å². The Labute approximate surface area is 122 Å². The van der Waals surface area contributed by atoms with E-state index in [0.717, 1.165) is 24.2 Å². The number of nitrogens with one attached hydrogen (secondary N) is 2. The van der Waals surface area contributed by atoms with Crippen LogP contribution in [-0.2, 0) is 4.79 Å². The number of hydrogen-bond acceptors (Lipinski definition) is 3. The van der Waals surface area contributed by atoms with Gasteiger partial charge in [-0.2, -0.15) is 0 Å². The van der Waals surface area contributed by atoms with Crippen molar-refractivity contribution in [1.29, 1.82) is 0 Å². The van der Waals surface area contributed by atoms with Crippen LogP contribution in [0.1, 0.15) is 32.3 Å². The SMILES string of the molecule is CCCC(C)NC(=O)CNc1ccc(C)c(N(C)C)c1. The first-order chi connectivity index (χ1) is 9.43. The molecular weight excluding hydrogens is 250 g/mol. The maximum absolute atomic E-state index is 11.8. The number of amides is 1. The maximum atomic E-state index is 11.8. The zero-order chi connectivity index (χ0) is 15.1. The first-order valence-electron chi connectivity index (χ1n) is 7.25. The molecule has 0 heterocycles. The maximum Gasteiger partial charge on any atom is 0.239 e. The van der Waals surface area contributed by atoms with Crippen LogP contribution in [0.3, 0.4) is 0 Å². The molecule has 1 unspecified atom stereocenters. The van der Waals surface area contributed by atoms with Crippen LogP contribution in [0.25, 0.3) is 0 Å². The highest BCUT2D eigenvalue weighted by atomic mass is 16.1. The zero-order valence-corrected chi connectivity index (χ0v) is 13.3. The minimum absolute atomic E-state index is 0.0397. The highest BCUT2D eigenvalue weighted by Crippen LogP contribution is 2.22. The Hall–Kier alpha value is -1.71. The Balaban J connectivity index is 2.53. The van der Waals surface area contributed by atoms with Crippen molar-refractivity contribution < 1.29 is 4.79 Å². The Morgan fingerprint density at radius 3 is 2.65 bits per heavy atom. The second-order valence-electron chi connectivity index (χ2n) is 5.51. The number of carbonyl (C=O) groups is 1. The van der Waals surface area contributed by atoms with Crippen LogP contribution in [0.4, 0.5) is 11.4 Å². The number of rotatable bonds is 7. The van der Waals surface area contributed by atoms with Crippen LogP contribution in [-0.4, -0.2) is 32.6 Å². The molecule has 0 fully saturated rings. The van der Waals surface area contributed by atoms with Gasteiger partial charge in [-0.05, 0) is 38.0 Å². The molecule has 0 aliphatic carbocycles. The molecule has 0 bridgehead atoms. The fourth-order valence-electron chi connectivity index (χ4n) is 2.21. The number of anilines is 2. The van der Waals surface area contributed by atoms with Gasteiger partial charge >= 0.3 is 0 Å². The lowest BCUT2D eigenvalue weighted by Crippen LogP contribution is -2.36. The van der Waals surface area contributed by atoms with Crippen molar-refractivity contribution in [2.24, 2.45) is 0 Å². The van der Waals surface area contributed by atoms with Crippen LogP contribution in [0.15, 0.2) is 18.2 Å². The fourth-order valence-corrected chi connectivity index (χ4v) is 2.21. The van der Waals surface area contributed by atoms with Gasteiger partial charge in [0.2, 0.25) is 5.91 Å². The zero-order valence-electron chi connectivity index (χ0n) is 13.3. The van der Waals surface area contributed by atoms with Gasteiger partial charge in [-0.15, -0.1) is 0 Å². The summed E-state index contributed by atoms with van der Waals surface area (Å²) >= 11 is 0. The summed E-state index contributed by atoms with van der Waals surface area (Å²) in [7, 11) is 4.04. The van der Waals surface area contributed by atoms with E-state index in [0.29, 0.717) is 6.54 Å². The predicted molar refractivity (Wildman–Crippen MR) is 86.5 cm³/mol. The van der Waals surface area contributed by atoms with Crippen LogP contribution >= 0.6 is 0 Å². The van der Waals surface area contributed by atoms with Crippen molar-refractivity contribution in [3.63, 3.8) is 0 Å². The normalized spacial score (nSPS) is 11.8. The molecule has 0 aliphatic rings. The number of benzene rings is 1. The summed E-state index contributed by atoms with van der Waals surface area (Å²) in [6.07, 6.45) is 2.10. The quantitative estimate of drug-likeness (QED) is 0.805. The molecule has 20 heavy (non-hydrogen) atoms. The molecule has 0 aromatic heterocycles. The monoisotopic (exact) mass is 277 g/mol. The van der Waals surface area contributed by atoms with Crippen molar-refractivity contribution in [2.45, 2.75) is 39.7 Å². The van der Waals surface area contributed by atoms with Crippen LogP contribution in [0.5, 0.6) is 0 Å². The molecule has 1 aromatic carbocycles. The molecular formula is C16H27N3O. The van der Waals surface area contributed by atoms with Gasteiger partial charge in [-0.25, -0.2) is 0 Å². The number of carbonyl (C=O) groups excluding carboxylic acids is 1. The van der Waals surface area contributed by atoms with Crippen molar-refractivity contribution in [2.75, 3.05) is 30.9 Å². The predicted octanol–water partition coefficient (Wildman–Crippen LogP) is 2.78. The lowest BCUT2D eigenvalue weighted by Gasteiger charge is -2.18. The molecule has 4 heteroatoms. The Morgan fingerprint density at radius 1 is 1.35 bits per heavy atom. The number of aryl methyl sites for hydroxylation is 1. The molecule has 0 saturated carbocycles. The Morgan fingerprint density at radius 2 is 2.05 bits per heavy atom. The van der Waals surface area contributed by atoms with Crippen molar-refractivity contribution in [3.05, 3.63) is 23.8 Å². The van der Waals surface area contributed by atoms with Gasteiger partial charge < -0.3 is 15.5 Å². The van der Waals surface area contributed by atoms with E-state index in [9.17, 15) is 4.79 Å². The number of nitrogens with zero attached hydrogens (tertiary/aromatic N) is 1. The topological polar surface area (TPSA) is 44.4 Å². The Bertz CT molecular complexity index is 443. The van der Waals surface area contributed by atoms with Gasteiger partial charge in [0.25, 0.3) is 0 Å². The standard InChI is InChI=1S/C16H27N3O/c1-6-7-13(3)18-16(20)11-17-14-9-8-12(2)15(10-14)19(4)5/h8-10,13,17H,6-7,11H2,1-5H3,(H,18,20). The third-order valence-corrected chi connectivity index (χ3v) is 3.27. The molecule has 1 rings (SSSR count). The van der Waals surface area contributed by atoms with Gasteiger partial charge in [0.1, 0.15) is 0 Å². The summed E-state index contributed by atoms with van der Waals surface area (Å²) in [6.45, 7) is 6.55. The van der Waals surface area contributed by atoms with Crippen molar-refractivity contribution in [3.8, 4) is 0 Å². The third-order valence-electron chi connectivity index (χ3n) is 3.27. The van der Waals surface area contributed by atoms with E-state index in [4.69, 9.17) is 0 Å². The van der Waals surface area contributed by atoms with E-state index < -0.39 is 0 Å².